The van der Waals surface area contributed by atoms with Gasteiger partial charge in [-0.25, -0.2) is 9.37 Å². The van der Waals surface area contributed by atoms with Crippen LogP contribution in [0.3, 0.4) is 0 Å². The number of halogens is 4. The number of rotatable bonds is 3. The molecule has 0 fully saturated rings. The van der Waals surface area contributed by atoms with Gasteiger partial charge in [0.05, 0.1) is 17.5 Å². The van der Waals surface area contributed by atoms with Crippen LogP contribution in [0.15, 0.2) is 54.7 Å². The average molecular weight is 336 g/mol. The maximum atomic E-state index is 12.9. The molecule has 7 heteroatoms. The topological polar surface area (TPSA) is 48.9 Å². The molecule has 2 aromatic carbocycles. The van der Waals surface area contributed by atoms with Crippen LogP contribution in [-0.2, 0) is 6.18 Å². The number of aliphatic hydroxyl groups is 1. The van der Waals surface area contributed by atoms with Gasteiger partial charge in [-0.1, -0.05) is 24.3 Å². The lowest BCUT2D eigenvalue weighted by Gasteiger charge is -2.09. The van der Waals surface area contributed by atoms with Gasteiger partial charge in [0.25, 0.3) is 0 Å². The molecule has 1 heterocycles. The highest BCUT2D eigenvalue weighted by atomic mass is 19.4. The van der Waals surface area contributed by atoms with E-state index in [0.717, 1.165) is 12.1 Å². The summed E-state index contributed by atoms with van der Waals surface area (Å²) in [4.78, 5) is 6.80. The number of aromatic amines is 1. The molecule has 1 unspecified atom stereocenters. The fraction of sp³-hybridized carbons (Fsp3) is 0.118. The van der Waals surface area contributed by atoms with Crippen LogP contribution >= 0.6 is 0 Å². The van der Waals surface area contributed by atoms with E-state index in [2.05, 4.69) is 9.97 Å². The Morgan fingerprint density at radius 2 is 1.75 bits per heavy atom. The van der Waals surface area contributed by atoms with Crippen LogP contribution in [0.4, 0.5) is 17.6 Å². The first-order valence-electron chi connectivity index (χ1n) is 7.00. The van der Waals surface area contributed by atoms with E-state index in [1.807, 2.05) is 0 Å². The Hall–Kier alpha value is -2.67. The molecule has 0 radical (unpaired) electrons. The molecule has 1 atom stereocenters. The monoisotopic (exact) mass is 336 g/mol. The van der Waals surface area contributed by atoms with Crippen molar-refractivity contribution in [2.45, 2.75) is 12.3 Å². The van der Waals surface area contributed by atoms with Gasteiger partial charge >= 0.3 is 6.18 Å². The Morgan fingerprint density at radius 1 is 1.04 bits per heavy atom. The first-order chi connectivity index (χ1) is 11.3. The first kappa shape index (κ1) is 16.2. The third-order valence-corrected chi connectivity index (χ3v) is 3.54. The molecule has 124 valence electrons. The van der Waals surface area contributed by atoms with Gasteiger partial charge in [-0.3, -0.25) is 0 Å². The minimum atomic E-state index is -4.44. The molecule has 3 nitrogen and oxygen atoms in total. The molecule has 0 aliphatic heterocycles. The summed E-state index contributed by atoms with van der Waals surface area (Å²) < 4.78 is 51.2. The smallest absolute Gasteiger partial charge is 0.380 e. The Balaban J connectivity index is 1.89. The van der Waals surface area contributed by atoms with Crippen molar-refractivity contribution < 1.29 is 22.7 Å². The molecular formula is C17H12F4N2O. The van der Waals surface area contributed by atoms with Crippen molar-refractivity contribution in [3.05, 3.63) is 77.5 Å². The molecule has 0 saturated carbocycles. The number of benzene rings is 2. The van der Waals surface area contributed by atoms with E-state index in [-0.39, 0.29) is 5.82 Å². The van der Waals surface area contributed by atoms with Crippen LogP contribution in [0.5, 0.6) is 0 Å². The summed E-state index contributed by atoms with van der Waals surface area (Å²) in [5, 5.41) is 10.2. The number of hydrogen-bond acceptors (Lipinski definition) is 2. The van der Waals surface area contributed by atoms with Crippen molar-refractivity contribution in [2.75, 3.05) is 0 Å². The van der Waals surface area contributed by atoms with E-state index < -0.39 is 23.7 Å². The lowest BCUT2D eigenvalue weighted by Crippen LogP contribution is -2.04. The van der Waals surface area contributed by atoms with Gasteiger partial charge < -0.3 is 10.1 Å². The van der Waals surface area contributed by atoms with Crippen LogP contribution < -0.4 is 0 Å². The molecule has 0 amide bonds. The summed E-state index contributed by atoms with van der Waals surface area (Å²) in [6, 6.07) is 10.0. The zero-order valence-corrected chi connectivity index (χ0v) is 12.2. The summed E-state index contributed by atoms with van der Waals surface area (Å²) in [6.07, 6.45) is -4.23. The van der Waals surface area contributed by atoms with Crippen LogP contribution in [-0.4, -0.2) is 15.1 Å². The normalized spacial score (nSPS) is 13.0. The Bertz CT molecular complexity index is 840. The van der Waals surface area contributed by atoms with Gasteiger partial charge in [-0.05, 0) is 29.8 Å². The predicted octanol–water partition coefficient (Wildman–Crippen LogP) is 4.32. The highest BCUT2D eigenvalue weighted by Crippen LogP contribution is 2.32. The van der Waals surface area contributed by atoms with Crippen molar-refractivity contribution in [3.8, 4) is 11.3 Å². The van der Waals surface area contributed by atoms with Crippen molar-refractivity contribution in [2.24, 2.45) is 0 Å². The first-order valence-corrected chi connectivity index (χ1v) is 7.00. The van der Waals surface area contributed by atoms with Gasteiger partial charge in [-0.15, -0.1) is 0 Å². The zero-order valence-electron chi connectivity index (χ0n) is 12.2. The second kappa shape index (κ2) is 6.09. The lowest BCUT2D eigenvalue weighted by molar-refractivity contribution is -0.137. The molecule has 0 aliphatic carbocycles. The van der Waals surface area contributed by atoms with E-state index in [4.69, 9.17) is 0 Å². The minimum absolute atomic E-state index is 0.161. The molecule has 0 spiro atoms. The fourth-order valence-electron chi connectivity index (χ4n) is 2.29. The molecule has 3 aromatic rings. The number of nitrogens with one attached hydrogen (secondary N) is 1. The fourth-order valence-corrected chi connectivity index (χ4v) is 2.29. The summed E-state index contributed by atoms with van der Waals surface area (Å²) in [7, 11) is 0. The molecule has 2 N–H and O–H groups in total. The number of aliphatic hydroxyl groups excluding tert-OH is 1. The molecule has 0 bridgehead atoms. The Labute approximate surface area is 134 Å². The van der Waals surface area contributed by atoms with Crippen LogP contribution in [0.1, 0.15) is 23.1 Å². The van der Waals surface area contributed by atoms with Crippen LogP contribution in [0, 0.1) is 5.82 Å². The molecule has 24 heavy (non-hydrogen) atoms. The van der Waals surface area contributed by atoms with Gasteiger partial charge in [0.2, 0.25) is 0 Å². The van der Waals surface area contributed by atoms with E-state index >= 15 is 0 Å². The third-order valence-electron chi connectivity index (χ3n) is 3.54. The molecular weight excluding hydrogens is 324 g/mol. The van der Waals surface area contributed by atoms with Crippen LogP contribution in [0.2, 0.25) is 0 Å². The largest absolute Gasteiger partial charge is 0.416 e. The van der Waals surface area contributed by atoms with E-state index in [1.54, 1.807) is 0 Å². The minimum Gasteiger partial charge on any atom is -0.380 e. The van der Waals surface area contributed by atoms with Crippen molar-refractivity contribution in [1.29, 1.82) is 0 Å². The van der Waals surface area contributed by atoms with Crippen LogP contribution in [0.25, 0.3) is 11.3 Å². The maximum Gasteiger partial charge on any atom is 0.416 e. The van der Waals surface area contributed by atoms with Gasteiger partial charge in [0, 0.05) is 5.56 Å². The maximum absolute atomic E-state index is 12.9. The van der Waals surface area contributed by atoms with Crippen molar-refractivity contribution in [1.82, 2.24) is 9.97 Å². The lowest BCUT2D eigenvalue weighted by atomic mass is 10.1. The summed E-state index contributed by atoms with van der Waals surface area (Å²) >= 11 is 0. The molecule has 0 saturated heterocycles. The second-order valence-electron chi connectivity index (χ2n) is 5.21. The average Bonchev–Trinajstić information content (AvgIpc) is 3.04. The van der Waals surface area contributed by atoms with Crippen molar-refractivity contribution in [3.63, 3.8) is 0 Å². The van der Waals surface area contributed by atoms with Gasteiger partial charge in [-0.2, -0.15) is 13.2 Å². The summed E-state index contributed by atoms with van der Waals surface area (Å²) in [5.41, 5.74) is 0.295. The van der Waals surface area contributed by atoms with E-state index in [1.165, 1.54) is 42.6 Å². The number of imidazole rings is 1. The standard InChI is InChI=1S/C17H12F4N2O/c18-13-6-4-10(5-7-13)15(24)16-22-9-14(23-16)11-2-1-3-12(8-11)17(19,20)21/h1-9,15,24H,(H,22,23). The molecule has 1 aromatic heterocycles. The number of hydrogen-bond donors (Lipinski definition) is 2. The van der Waals surface area contributed by atoms with Crippen molar-refractivity contribution >= 4 is 0 Å². The highest BCUT2D eigenvalue weighted by molar-refractivity contribution is 5.60. The Kier molecular flexibility index (Phi) is 4.11. The van der Waals surface area contributed by atoms with Gasteiger partial charge in [0.15, 0.2) is 0 Å². The predicted molar refractivity (Wildman–Crippen MR) is 79.5 cm³/mol. The third kappa shape index (κ3) is 3.30. The summed E-state index contributed by atoms with van der Waals surface area (Å²) in [6.45, 7) is 0. The number of nitrogens with zero attached hydrogens (tertiary/aromatic N) is 1. The molecule has 0 aliphatic rings. The number of H-pyrrole nitrogens is 1. The second-order valence-corrected chi connectivity index (χ2v) is 5.21. The summed E-state index contributed by atoms with van der Waals surface area (Å²) in [5.74, 6) is -0.274. The Morgan fingerprint density at radius 3 is 2.42 bits per heavy atom. The number of alkyl halides is 3. The van der Waals surface area contributed by atoms with Gasteiger partial charge in [0.1, 0.15) is 17.7 Å². The molecule has 3 rings (SSSR count). The highest BCUT2D eigenvalue weighted by Gasteiger charge is 2.30. The SMILES string of the molecule is OC(c1ccc(F)cc1)c1ncc(-c2cccc(C(F)(F)F)c2)[nH]1. The zero-order chi connectivity index (χ0) is 17.3. The van der Waals surface area contributed by atoms with E-state index in [9.17, 15) is 22.7 Å². The van der Waals surface area contributed by atoms with E-state index in [0.29, 0.717) is 16.8 Å². The number of aromatic nitrogens is 2. The quantitative estimate of drug-likeness (QED) is 0.700.